The van der Waals surface area contributed by atoms with Crippen molar-refractivity contribution in [1.82, 2.24) is 10.1 Å². The molecule has 0 spiro atoms. The topological polar surface area (TPSA) is 73.1 Å². The number of sulfone groups is 1. The van der Waals surface area contributed by atoms with Crippen LogP contribution in [0.25, 0.3) is 17.5 Å². The van der Waals surface area contributed by atoms with Gasteiger partial charge in [-0.1, -0.05) is 71.4 Å². The van der Waals surface area contributed by atoms with E-state index in [4.69, 9.17) is 4.52 Å². The van der Waals surface area contributed by atoms with E-state index in [1.54, 1.807) is 12.2 Å². The highest BCUT2D eigenvalue weighted by Gasteiger charge is 2.16. The van der Waals surface area contributed by atoms with Gasteiger partial charge >= 0.3 is 0 Å². The summed E-state index contributed by atoms with van der Waals surface area (Å²) in [6.07, 6.45) is 3.41. The quantitative estimate of drug-likeness (QED) is 0.675. The van der Waals surface area contributed by atoms with Crippen LogP contribution in [0, 0.1) is 6.92 Å². The summed E-state index contributed by atoms with van der Waals surface area (Å²) in [6.45, 7) is 1.97. The molecule has 0 amide bonds. The Bertz CT molecular complexity index is 977. The van der Waals surface area contributed by atoms with Crippen LogP contribution < -0.4 is 0 Å². The van der Waals surface area contributed by atoms with E-state index in [2.05, 4.69) is 10.1 Å². The average Bonchev–Trinajstić information content (AvgIpc) is 3.03. The summed E-state index contributed by atoms with van der Waals surface area (Å²) in [5.41, 5.74) is 2.83. The van der Waals surface area contributed by atoms with Gasteiger partial charge in [0.05, 0.1) is 5.75 Å². The molecule has 0 aliphatic rings. The summed E-state index contributed by atoms with van der Waals surface area (Å²) in [5, 5.41) is 3.87. The average molecular weight is 354 g/mol. The third-order valence-electron chi connectivity index (χ3n) is 3.55. The summed E-state index contributed by atoms with van der Waals surface area (Å²) >= 11 is 0. The molecule has 0 radical (unpaired) electrons. The molecule has 0 N–H and O–H groups in total. The normalized spacial score (nSPS) is 11.9. The Balaban J connectivity index is 1.66. The van der Waals surface area contributed by atoms with E-state index in [-0.39, 0.29) is 17.4 Å². The van der Waals surface area contributed by atoms with Crippen molar-refractivity contribution in [2.45, 2.75) is 12.7 Å². The monoisotopic (exact) mass is 354 g/mol. The lowest BCUT2D eigenvalue weighted by atomic mass is 10.1. The van der Waals surface area contributed by atoms with Crippen molar-refractivity contribution in [3.63, 3.8) is 0 Å². The van der Waals surface area contributed by atoms with E-state index >= 15 is 0 Å². The van der Waals surface area contributed by atoms with Gasteiger partial charge in [0.2, 0.25) is 11.7 Å². The zero-order chi connectivity index (χ0) is 17.7. The van der Waals surface area contributed by atoms with Gasteiger partial charge in [0.1, 0.15) is 5.75 Å². The predicted molar refractivity (Wildman–Crippen MR) is 97.4 cm³/mol. The second-order valence-corrected chi connectivity index (χ2v) is 7.86. The maximum absolute atomic E-state index is 12.2. The largest absolute Gasteiger partial charge is 0.338 e. The van der Waals surface area contributed by atoms with Crippen LogP contribution >= 0.6 is 0 Å². The molecule has 0 fully saturated rings. The van der Waals surface area contributed by atoms with Crippen molar-refractivity contribution in [2.75, 3.05) is 5.75 Å². The van der Waals surface area contributed by atoms with Gasteiger partial charge in [-0.15, -0.1) is 0 Å². The standard InChI is InChI=1S/C19H18N2O3S/c1-15-7-5-11-17(13-15)19-20-18(24-21-19)14-25(22,23)12-6-10-16-8-3-2-4-9-16/h2-11,13H,12,14H2,1H3/b10-6+. The molecule has 3 aromatic rings. The molecule has 0 bridgehead atoms. The number of benzene rings is 2. The van der Waals surface area contributed by atoms with Crippen molar-refractivity contribution in [3.8, 4) is 11.4 Å². The van der Waals surface area contributed by atoms with E-state index in [0.717, 1.165) is 16.7 Å². The van der Waals surface area contributed by atoms with Crippen LogP contribution in [0.4, 0.5) is 0 Å². The minimum atomic E-state index is -3.36. The van der Waals surface area contributed by atoms with E-state index < -0.39 is 9.84 Å². The molecule has 0 unspecified atom stereocenters. The van der Waals surface area contributed by atoms with Crippen LogP contribution in [0.1, 0.15) is 17.0 Å². The molecule has 0 saturated heterocycles. The predicted octanol–water partition coefficient (Wildman–Crippen LogP) is 3.67. The Morgan fingerprint density at radius 3 is 2.64 bits per heavy atom. The Morgan fingerprint density at radius 2 is 1.88 bits per heavy atom. The Kier molecular flexibility index (Phi) is 5.09. The smallest absolute Gasteiger partial charge is 0.242 e. The molecule has 0 aliphatic carbocycles. The molecule has 3 rings (SSSR count). The molecule has 6 heteroatoms. The molecule has 1 heterocycles. The van der Waals surface area contributed by atoms with Gasteiger partial charge in [-0.05, 0) is 18.6 Å². The highest BCUT2D eigenvalue weighted by Crippen LogP contribution is 2.18. The summed E-state index contributed by atoms with van der Waals surface area (Å²) in [7, 11) is -3.36. The first-order valence-electron chi connectivity index (χ1n) is 7.83. The van der Waals surface area contributed by atoms with Gasteiger partial charge in [-0.25, -0.2) is 8.42 Å². The van der Waals surface area contributed by atoms with Gasteiger partial charge < -0.3 is 4.52 Å². The van der Waals surface area contributed by atoms with Gasteiger partial charge in [-0.2, -0.15) is 4.98 Å². The molecule has 0 aliphatic heterocycles. The summed E-state index contributed by atoms with van der Waals surface area (Å²) in [5.74, 6) is 0.146. The van der Waals surface area contributed by atoms with Crippen LogP contribution in [0.15, 0.2) is 65.2 Å². The maximum atomic E-state index is 12.2. The minimum absolute atomic E-state index is 0.0793. The fourth-order valence-corrected chi connectivity index (χ4v) is 3.36. The Hall–Kier alpha value is -2.73. The number of hydrogen-bond acceptors (Lipinski definition) is 5. The third-order valence-corrected chi connectivity index (χ3v) is 4.93. The minimum Gasteiger partial charge on any atom is -0.338 e. The number of rotatable bonds is 6. The third kappa shape index (κ3) is 4.87. The van der Waals surface area contributed by atoms with Crippen molar-refractivity contribution >= 4 is 15.9 Å². The van der Waals surface area contributed by atoms with Crippen molar-refractivity contribution in [1.29, 1.82) is 0 Å². The van der Waals surface area contributed by atoms with E-state index in [0.29, 0.717) is 5.82 Å². The van der Waals surface area contributed by atoms with Gasteiger partial charge in [0, 0.05) is 5.56 Å². The lowest BCUT2D eigenvalue weighted by Gasteiger charge is -1.97. The number of nitrogens with zero attached hydrogens (tertiary/aromatic N) is 2. The molecular formula is C19H18N2O3S. The molecule has 5 nitrogen and oxygen atoms in total. The number of aromatic nitrogens is 2. The summed E-state index contributed by atoms with van der Waals surface area (Å²) in [6, 6.07) is 17.2. The molecular weight excluding hydrogens is 336 g/mol. The summed E-state index contributed by atoms with van der Waals surface area (Å²) < 4.78 is 29.5. The molecule has 25 heavy (non-hydrogen) atoms. The number of aryl methyl sites for hydroxylation is 1. The lowest BCUT2D eigenvalue weighted by molar-refractivity contribution is 0.389. The Morgan fingerprint density at radius 1 is 1.08 bits per heavy atom. The van der Waals surface area contributed by atoms with E-state index in [1.807, 2.05) is 61.5 Å². The van der Waals surface area contributed by atoms with Crippen LogP contribution in [-0.2, 0) is 15.6 Å². The van der Waals surface area contributed by atoms with Crippen molar-refractivity contribution in [2.24, 2.45) is 0 Å². The highest BCUT2D eigenvalue weighted by atomic mass is 32.2. The molecule has 0 saturated carbocycles. The lowest BCUT2D eigenvalue weighted by Crippen LogP contribution is -2.07. The van der Waals surface area contributed by atoms with Crippen molar-refractivity contribution in [3.05, 3.63) is 77.7 Å². The first kappa shape index (κ1) is 17.1. The van der Waals surface area contributed by atoms with Crippen LogP contribution in [0.3, 0.4) is 0 Å². The fourth-order valence-electron chi connectivity index (χ4n) is 2.36. The van der Waals surface area contributed by atoms with Crippen LogP contribution in [0.5, 0.6) is 0 Å². The van der Waals surface area contributed by atoms with Gasteiger partial charge in [0.15, 0.2) is 9.84 Å². The van der Waals surface area contributed by atoms with Gasteiger partial charge in [0.25, 0.3) is 0 Å². The van der Waals surface area contributed by atoms with E-state index in [9.17, 15) is 8.42 Å². The first-order chi connectivity index (χ1) is 12.0. The van der Waals surface area contributed by atoms with Crippen LogP contribution in [0.2, 0.25) is 0 Å². The molecule has 1 aromatic heterocycles. The second kappa shape index (κ2) is 7.44. The van der Waals surface area contributed by atoms with Gasteiger partial charge in [-0.3, -0.25) is 0 Å². The van der Waals surface area contributed by atoms with Crippen LogP contribution in [-0.4, -0.2) is 24.3 Å². The van der Waals surface area contributed by atoms with Crippen molar-refractivity contribution < 1.29 is 12.9 Å². The van der Waals surface area contributed by atoms with E-state index in [1.165, 1.54) is 0 Å². The fraction of sp³-hybridized carbons (Fsp3) is 0.158. The first-order valence-corrected chi connectivity index (χ1v) is 9.66. The second-order valence-electron chi connectivity index (χ2n) is 5.75. The maximum Gasteiger partial charge on any atom is 0.242 e. The molecule has 0 atom stereocenters. The Labute approximate surface area is 146 Å². The SMILES string of the molecule is Cc1cccc(-c2noc(CS(=O)(=O)C/C=C/c3ccccc3)n2)c1. The molecule has 2 aromatic carbocycles. The zero-order valence-electron chi connectivity index (χ0n) is 13.8. The number of hydrogen-bond donors (Lipinski definition) is 0. The molecule has 128 valence electrons. The highest BCUT2D eigenvalue weighted by molar-refractivity contribution is 7.90. The summed E-state index contributed by atoms with van der Waals surface area (Å²) in [4.78, 5) is 4.19. The zero-order valence-corrected chi connectivity index (χ0v) is 14.6.